The fourth-order valence-corrected chi connectivity index (χ4v) is 3.13. The Morgan fingerprint density at radius 1 is 1.23 bits per heavy atom. The van der Waals surface area contributed by atoms with Gasteiger partial charge in [-0.25, -0.2) is 0 Å². The number of nitrogens with one attached hydrogen (secondary N) is 2. The van der Waals surface area contributed by atoms with Crippen LogP contribution in [0, 0.1) is 0 Å². The zero-order chi connectivity index (χ0) is 18.4. The van der Waals surface area contributed by atoms with Crippen molar-refractivity contribution >= 4 is 17.6 Å². The van der Waals surface area contributed by atoms with E-state index in [9.17, 15) is 4.79 Å². The Balaban J connectivity index is 1.42. The lowest BCUT2D eigenvalue weighted by atomic mass is 10.1. The second-order valence-corrected chi connectivity index (χ2v) is 6.73. The van der Waals surface area contributed by atoms with Crippen molar-refractivity contribution < 1.29 is 14.3 Å². The number of methoxy groups -OCH3 is 1. The van der Waals surface area contributed by atoms with Crippen molar-refractivity contribution in [3.05, 3.63) is 64.7 Å². The maximum Gasteiger partial charge on any atom is 0.323 e. The normalized spacial score (nSPS) is 19.3. The Labute approximate surface area is 158 Å². The van der Waals surface area contributed by atoms with Crippen molar-refractivity contribution in [2.45, 2.75) is 31.7 Å². The molecule has 138 valence electrons. The number of rotatable bonds is 7. The highest BCUT2D eigenvalue weighted by Gasteiger charge is 2.30. The van der Waals surface area contributed by atoms with Gasteiger partial charge in [-0.1, -0.05) is 41.9 Å². The third kappa shape index (κ3) is 4.97. The van der Waals surface area contributed by atoms with Gasteiger partial charge in [-0.15, -0.1) is 0 Å². The average Bonchev–Trinajstić information content (AvgIpc) is 3.15. The van der Waals surface area contributed by atoms with Crippen LogP contribution in [0.15, 0.2) is 48.5 Å². The molecule has 1 saturated heterocycles. The first kappa shape index (κ1) is 18.7. The number of halogens is 1. The minimum Gasteiger partial charge on any atom is -0.497 e. The van der Waals surface area contributed by atoms with Gasteiger partial charge >= 0.3 is 5.97 Å². The van der Waals surface area contributed by atoms with E-state index in [1.165, 1.54) is 5.56 Å². The second-order valence-electron chi connectivity index (χ2n) is 6.32. The molecule has 0 radical (unpaired) electrons. The fraction of sp³-hybridized carbons (Fsp3) is 0.350. The van der Waals surface area contributed by atoms with E-state index < -0.39 is 0 Å². The lowest BCUT2D eigenvalue weighted by Gasteiger charge is -2.13. The maximum absolute atomic E-state index is 12.3. The molecule has 0 aliphatic carbocycles. The summed E-state index contributed by atoms with van der Waals surface area (Å²) in [6, 6.07) is 15.3. The van der Waals surface area contributed by atoms with Crippen LogP contribution in [0.25, 0.3) is 0 Å². The van der Waals surface area contributed by atoms with Gasteiger partial charge in [0, 0.05) is 29.7 Å². The fourth-order valence-electron chi connectivity index (χ4n) is 2.94. The van der Waals surface area contributed by atoms with Gasteiger partial charge in [0.1, 0.15) is 18.4 Å². The summed E-state index contributed by atoms with van der Waals surface area (Å²) in [7, 11) is 1.66. The molecule has 26 heavy (non-hydrogen) atoms. The third-order valence-electron chi connectivity index (χ3n) is 4.50. The van der Waals surface area contributed by atoms with Crippen molar-refractivity contribution in [1.82, 2.24) is 10.6 Å². The van der Waals surface area contributed by atoms with E-state index in [1.807, 2.05) is 42.5 Å². The van der Waals surface area contributed by atoms with Gasteiger partial charge in [0.15, 0.2) is 0 Å². The highest BCUT2D eigenvalue weighted by Crippen LogP contribution is 2.17. The second kappa shape index (κ2) is 9.03. The molecule has 0 amide bonds. The van der Waals surface area contributed by atoms with Crippen molar-refractivity contribution in [1.29, 1.82) is 0 Å². The zero-order valence-corrected chi connectivity index (χ0v) is 15.5. The van der Waals surface area contributed by atoms with E-state index in [0.29, 0.717) is 11.4 Å². The molecule has 6 heteroatoms. The van der Waals surface area contributed by atoms with Crippen LogP contribution >= 0.6 is 11.6 Å². The van der Waals surface area contributed by atoms with Crippen molar-refractivity contribution in [3.8, 4) is 5.75 Å². The molecule has 5 nitrogen and oxygen atoms in total. The Kier molecular flexibility index (Phi) is 6.50. The van der Waals surface area contributed by atoms with Crippen LogP contribution in [0.5, 0.6) is 5.75 Å². The van der Waals surface area contributed by atoms with E-state index >= 15 is 0 Å². The average molecular weight is 375 g/mol. The Hall–Kier alpha value is -2.08. The molecule has 0 unspecified atom stereocenters. The lowest BCUT2D eigenvalue weighted by Crippen LogP contribution is -2.32. The van der Waals surface area contributed by atoms with Crippen LogP contribution in [0.1, 0.15) is 17.5 Å². The summed E-state index contributed by atoms with van der Waals surface area (Å²) < 4.78 is 10.6. The Bertz CT molecular complexity index is 736. The minimum absolute atomic E-state index is 0.195. The summed E-state index contributed by atoms with van der Waals surface area (Å²) in [6.45, 7) is 1.68. The molecule has 0 bridgehead atoms. The molecule has 2 aromatic rings. The summed E-state index contributed by atoms with van der Waals surface area (Å²) in [5.74, 6) is 0.608. The topological polar surface area (TPSA) is 59.6 Å². The lowest BCUT2D eigenvalue weighted by molar-refractivity contribution is -0.147. The molecule has 3 rings (SSSR count). The zero-order valence-electron chi connectivity index (χ0n) is 14.7. The first-order valence-corrected chi connectivity index (χ1v) is 9.03. The van der Waals surface area contributed by atoms with Crippen molar-refractivity contribution in [2.24, 2.45) is 0 Å². The number of carbonyl (C=O) groups is 1. The number of ether oxygens (including phenoxy) is 2. The molecule has 0 spiro atoms. The molecule has 0 saturated carbocycles. The van der Waals surface area contributed by atoms with E-state index in [2.05, 4.69) is 10.6 Å². The van der Waals surface area contributed by atoms with Crippen LogP contribution in [0.2, 0.25) is 5.02 Å². The smallest absolute Gasteiger partial charge is 0.323 e. The number of benzene rings is 2. The standard InChI is InChI=1S/C20H23ClN2O3/c1-25-17-8-6-14(7-9-17)11-22-16-10-19(23-12-16)20(24)26-13-15-4-2-3-5-18(15)21/h2-9,16,19,22-23H,10-13H2,1H3/t16-,19-/m0/s1. The van der Waals surface area contributed by atoms with Gasteiger partial charge in [0.05, 0.1) is 7.11 Å². The van der Waals surface area contributed by atoms with E-state index in [0.717, 1.165) is 24.4 Å². The maximum atomic E-state index is 12.3. The van der Waals surface area contributed by atoms with Gasteiger partial charge < -0.3 is 20.1 Å². The summed E-state index contributed by atoms with van der Waals surface area (Å²) in [5, 5.41) is 7.30. The van der Waals surface area contributed by atoms with E-state index in [-0.39, 0.29) is 24.7 Å². The van der Waals surface area contributed by atoms with E-state index in [1.54, 1.807) is 13.2 Å². The summed E-state index contributed by atoms with van der Waals surface area (Å²) in [5.41, 5.74) is 1.99. The van der Waals surface area contributed by atoms with Crippen LogP contribution < -0.4 is 15.4 Å². The molecule has 2 atom stereocenters. The molecule has 1 heterocycles. The third-order valence-corrected chi connectivity index (χ3v) is 4.87. The monoisotopic (exact) mass is 374 g/mol. The minimum atomic E-state index is -0.286. The van der Waals surface area contributed by atoms with Crippen LogP contribution in [0.4, 0.5) is 0 Å². The molecule has 2 aromatic carbocycles. The summed E-state index contributed by atoms with van der Waals surface area (Å²) >= 11 is 6.08. The SMILES string of the molecule is COc1ccc(CN[C@@H]2CN[C@H](C(=O)OCc3ccccc3Cl)C2)cc1. The first-order chi connectivity index (χ1) is 12.7. The predicted octanol–water partition coefficient (Wildman–Crippen LogP) is 2.91. The number of esters is 1. The largest absolute Gasteiger partial charge is 0.497 e. The van der Waals surface area contributed by atoms with Gasteiger partial charge in [-0.2, -0.15) is 0 Å². The molecule has 1 aliphatic rings. The highest BCUT2D eigenvalue weighted by molar-refractivity contribution is 6.31. The predicted molar refractivity (Wildman–Crippen MR) is 101 cm³/mol. The van der Waals surface area contributed by atoms with Crippen molar-refractivity contribution in [2.75, 3.05) is 13.7 Å². The van der Waals surface area contributed by atoms with Crippen LogP contribution in [-0.2, 0) is 22.7 Å². The highest BCUT2D eigenvalue weighted by atomic mass is 35.5. The summed E-state index contributed by atoms with van der Waals surface area (Å²) in [6.07, 6.45) is 0.706. The number of hydrogen-bond donors (Lipinski definition) is 2. The van der Waals surface area contributed by atoms with Crippen LogP contribution in [0.3, 0.4) is 0 Å². The van der Waals surface area contributed by atoms with Gasteiger partial charge in [-0.05, 0) is 30.2 Å². The molecule has 2 N–H and O–H groups in total. The Morgan fingerprint density at radius 3 is 2.73 bits per heavy atom. The van der Waals surface area contributed by atoms with Gasteiger partial charge in [-0.3, -0.25) is 4.79 Å². The molecule has 0 aromatic heterocycles. The number of carbonyl (C=O) groups excluding carboxylic acids is 1. The Morgan fingerprint density at radius 2 is 2.00 bits per heavy atom. The molecular weight excluding hydrogens is 352 g/mol. The van der Waals surface area contributed by atoms with Crippen molar-refractivity contribution in [3.63, 3.8) is 0 Å². The molecular formula is C20H23ClN2O3. The van der Waals surface area contributed by atoms with Gasteiger partial charge in [0.25, 0.3) is 0 Å². The molecule has 1 aliphatic heterocycles. The number of hydrogen-bond acceptors (Lipinski definition) is 5. The summed E-state index contributed by atoms with van der Waals surface area (Å²) in [4.78, 5) is 12.3. The van der Waals surface area contributed by atoms with E-state index in [4.69, 9.17) is 21.1 Å². The van der Waals surface area contributed by atoms with Gasteiger partial charge in [0.2, 0.25) is 0 Å². The molecule has 1 fully saturated rings. The van der Waals surface area contributed by atoms with Crippen LogP contribution in [-0.4, -0.2) is 31.7 Å². The first-order valence-electron chi connectivity index (χ1n) is 8.65. The quantitative estimate of drug-likeness (QED) is 0.730.